The van der Waals surface area contributed by atoms with Gasteiger partial charge in [-0.3, -0.25) is 9.69 Å². The largest absolute Gasteiger partial charge is 0.493 e. The number of hydrogen-bond donors (Lipinski definition) is 1. The molecule has 0 radical (unpaired) electrons. The summed E-state index contributed by atoms with van der Waals surface area (Å²) in [7, 11) is 1.54. The normalized spacial score (nSPS) is 18.0. The fraction of sp³-hybridized carbons (Fsp3) is 0.476. The highest BCUT2D eigenvalue weighted by atomic mass is 32.1. The molecule has 0 unspecified atom stereocenters. The first-order valence-corrected chi connectivity index (χ1v) is 10.2. The van der Waals surface area contributed by atoms with Gasteiger partial charge in [0.1, 0.15) is 12.7 Å². The number of methoxy groups -OCH3 is 1. The fourth-order valence-corrected chi connectivity index (χ4v) is 4.59. The zero-order valence-corrected chi connectivity index (χ0v) is 16.9. The monoisotopic (exact) mass is 389 g/mol. The van der Waals surface area contributed by atoms with Crippen LogP contribution in [0.5, 0.6) is 11.5 Å². The maximum absolute atomic E-state index is 11.5. The third-order valence-electron chi connectivity index (χ3n) is 5.04. The number of nitrogens with zero attached hydrogens (tertiary/aromatic N) is 1. The Morgan fingerprint density at radius 1 is 1.37 bits per heavy atom. The summed E-state index contributed by atoms with van der Waals surface area (Å²) < 4.78 is 11.1. The van der Waals surface area contributed by atoms with Crippen molar-refractivity contribution >= 4 is 17.1 Å². The van der Waals surface area contributed by atoms with Gasteiger partial charge < -0.3 is 14.6 Å². The van der Waals surface area contributed by atoms with Crippen molar-refractivity contribution in [3.8, 4) is 11.5 Å². The molecule has 0 saturated carbocycles. The molecule has 2 atom stereocenters. The molecule has 27 heavy (non-hydrogen) atoms. The zero-order valence-electron chi connectivity index (χ0n) is 16.1. The van der Waals surface area contributed by atoms with E-state index in [2.05, 4.69) is 23.3 Å². The van der Waals surface area contributed by atoms with E-state index in [1.807, 2.05) is 11.3 Å². The van der Waals surface area contributed by atoms with E-state index < -0.39 is 6.10 Å². The van der Waals surface area contributed by atoms with Gasteiger partial charge in [0.25, 0.3) is 0 Å². The first kappa shape index (κ1) is 19.9. The molecule has 1 aromatic carbocycles. The second-order valence-electron chi connectivity index (χ2n) is 6.85. The molecule has 1 aliphatic heterocycles. The zero-order chi connectivity index (χ0) is 19.4. The SMILES string of the molecule is CC[C@H]1c2ccsc2CCN1C[C@@H](O)COc1ccc(C(C)=O)cc1OC. The summed E-state index contributed by atoms with van der Waals surface area (Å²) in [6.07, 6.45) is 1.46. The first-order valence-electron chi connectivity index (χ1n) is 9.33. The summed E-state index contributed by atoms with van der Waals surface area (Å²) in [6.45, 7) is 5.41. The summed E-state index contributed by atoms with van der Waals surface area (Å²) in [5, 5.41) is 12.7. The van der Waals surface area contributed by atoms with E-state index in [1.165, 1.54) is 17.4 Å². The van der Waals surface area contributed by atoms with Gasteiger partial charge in [-0.25, -0.2) is 0 Å². The number of carbonyl (C=O) groups excluding carboxylic acids is 1. The minimum absolute atomic E-state index is 0.0246. The Morgan fingerprint density at radius 3 is 2.89 bits per heavy atom. The average Bonchev–Trinajstić information content (AvgIpc) is 3.14. The van der Waals surface area contributed by atoms with Crippen LogP contribution in [0.25, 0.3) is 0 Å². The highest BCUT2D eigenvalue weighted by Gasteiger charge is 2.28. The summed E-state index contributed by atoms with van der Waals surface area (Å²) >= 11 is 1.83. The quantitative estimate of drug-likeness (QED) is 0.698. The molecule has 0 aliphatic carbocycles. The third kappa shape index (κ3) is 4.51. The lowest BCUT2D eigenvalue weighted by Gasteiger charge is -2.36. The Hall–Kier alpha value is -1.89. The molecule has 1 aromatic heterocycles. The lowest BCUT2D eigenvalue weighted by atomic mass is 9.97. The molecule has 5 nitrogen and oxygen atoms in total. The van der Waals surface area contributed by atoms with E-state index in [4.69, 9.17) is 9.47 Å². The van der Waals surface area contributed by atoms with Crippen LogP contribution in [0.3, 0.4) is 0 Å². The van der Waals surface area contributed by atoms with Crippen LogP contribution in [0.2, 0.25) is 0 Å². The first-order chi connectivity index (χ1) is 13.0. The van der Waals surface area contributed by atoms with E-state index >= 15 is 0 Å². The molecule has 0 spiro atoms. The Balaban J connectivity index is 1.60. The number of carbonyl (C=O) groups is 1. The van der Waals surface area contributed by atoms with Gasteiger partial charge in [-0.05, 0) is 55.0 Å². The molecule has 1 N–H and O–H groups in total. The van der Waals surface area contributed by atoms with Crippen LogP contribution >= 0.6 is 11.3 Å². The van der Waals surface area contributed by atoms with Gasteiger partial charge in [0.2, 0.25) is 0 Å². The molecule has 6 heteroatoms. The Labute approximate surface area is 164 Å². The molecule has 146 valence electrons. The number of Topliss-reactive ketones (excluding diaryl/α,β-unsaturated/α-hetero) is 1. The fourth-order valence-electron chi connectivity index (χ4n) is 3.66. The van der Waals surface area contributed by atoms with Crippen molar-refractivity contribution in [3.05, 3.63) is 45.6 Å². The van der Waals surface area contributed by atoms with Crippen LogP contribution in [-0.4, -0.2) is 48.7 Å². The smallest absolute Gasteiger partial charge is 0.161 e. The van der Waals surface area contributed by atoms with Gasteiger partial charge in [0, 0.05) is 29.6 Å². The molecule has 0 saturated heterocycles. The Morgan fingerprint density at radius 2 is 2.19 bits per heavy atom. The van der Waals surface area contributed by atoms with Crippen molar-refractivity contribution in [3.63, 3.8) is 0 Å². The number of fused-ring (bicyclic) bond motifs is 1. The molecule has 0 bridgehead atoms. The van der Waals surface area contributed by atoms with Gasteiger partial charge in [-0.15, -0.1) is 11.3 Å². The van der Waals surface area contributed by atoms with E-state index in [9.17, 15) is 9.90 Å². The van der Waals surface area contributed by atoms with Gasteiger partial charge in [-0.2, -0.15) is 0 Å². The second kappa shape index (κ2) is 8.87. The minimum atomic E-state index is -0.601. The predicted octanol–water partition coefficient (Wildman–Crippen LogP) is 3.71. The number of thiophene rings is 1. The summed E-state index contributed by atoms with van der Waals surface area (Å²) in [5.74, 6) is 1.01. The Kier molecular flexibility index (Phi) is 6.52. The van der Waals surface area contributed by atoms with Crippen molar-refractivity contribution in [2.75, 3.05) is 26.8 Å². The van der Waals surface area contributed by atoms with Crippen LogP contribution < -0.4 is 9.47 Å². The van der Waals surface area contributed by atoms with E-state index in [0.29, 0.717) is 29.6 Å². The number of benzene rings is 1. The maximum atomic E-state index is 11.5. The minimum Gasteiger partial charge on any atom is -0.493 e. The summed E-state index contributed by atoms with van der Waals surface area (Å²) in [6, 6.07) is 7.67. The summed E-state index contributed by atoms with van der Waals surface area (Å²) in [5.41, 5.74) is 1.98. The topological polar surface area (TPSA) is 59.0 Å². The number of hydrogen-bond acceptors (Lipinski definition) is 6. The van der Waals surface area contributed by atoms with E-state index in [0.717, 1.165) is 19.4 Å². The van der Waals surface area contributed by atoms with Crippen LogP contribution in [0.4, 0.5) is 0 Å². The van der Waals surface area contributed by atoms with Gasteiger partial charge in [-0.1, -0.05) is 6.92 Å². The number of ether oxygens (including phenoxy) is 2. The highest BCUT2D eigenvalue weighted by Crippen LogP contribution is 2.35. The molecule has 0 amide bonds. The van der Waals surface area contributed by atoms with Crippen LogP contribution in [0.1, 0.15) is 47.1 Å². The van der Waals surface area contributed by atoms with Crippen molar-refractivity contribution in [1.29, 1.82) is 0 Å². The lowest BCUT2D eigenvalue weighted by molar-refractivity contribution is 0.0472. The molecule has 0 fully saturated rings. The van der Waals surface area contributed by atoms with Crippen LogP contribution in [0, 0.1) is 0 Å². The third-order valence-corrected chi connectivity index (χ3v) is 6.04. The molecule has 1 aliphatic rings. The van der Waals surface area contributed by atoms with E-state index in [-0.39, 0.29) is 12.4 Å². The maximum Gasteiger partial charge on any atom is 0.161 e. The molecular formula is C21H27NO4S. The van der Waals surface area contributed by atoms with Crippen molar-refractivity contribution < 1.29 is 19.4 Å². The molecule has 2 aromatic rings. The van der Waals surface area contributed by atoms with Crippen molar-refractivity contribution in [2.45, 2.75) is 38.8 Å². The van der Waals surface area contributed by atoms with E-state index in [1.54, 1.807) is 25.3 Å². The van der Waals surface area contributed by atoms with Gasteiger partial charge in [0.05, 0.1) is 7.11 Å². The number of aliphatic hydroxyl groups excluding tert-OH is 1. The van der Waals surface area contributed by atoms with Gasteiger partial charge in [0.15, 0.2) is 17.3 Å². The molecular weight excluding hydrogens is 362 g/mol. The summed E-state index contributed by atoms with van der Waals surface area (Å²) in [4.78, 5) is 15.3. The standard InChI is InChI=1S/C21H27NO4S/c1-4-18-17-8-10-27-21(17)7-9-22(18)12-16(24)13-26-19-6-5-15(14(2)23)11-20(19)25-3/h5-6,8,10-11,16,18,24H,4,7,9,12-13H2,1-3H3/t16-,18+/m1/s1. The van der Waals surface area contributed by atoms with Crippen LogP contribution in [-0.2, 0) is 6.42 Å². The highest BCUT2D eigenvalue weighted by molar-refractivity contribution is 7.10. The Bertz CT molecular complexity index is 788. The van der Waals surface area contributed by atoms with Gasteiger partial charge >= 0.3 is 0 Å². The number of rotatable bonds is 8. The second-order valence-corrected chi connectivity index (χ2v) is 7.86. The predicted molar refractivity (Wildman–Crippen MR) is 107 cm³/mol. The van der Waals surface area contributed by atoms with Crippen LogP contribution in [0.15, 0.2) is 29.6 Å². The lowest BCUT2D eigenvalue weighted by Crippen LogP contribution is -2.41. The average molecular weight is 390 g/mol. The number of aliphatic hydroxyl groups is 1. The van der Waals surface area contributed by atoms with Crippen molar-refractivity contribution in [2.24, 2.45) is 0 Å². The van der Waals surface area contributed by atoms with Crippen molar-refractivity contribution in [1.82, 2.24) is 4.90 Å². The molecule has 2 heterocycles. The molecule has 3 rings (SSSR count). The number of β-amino-alcohol motifs (C(OH)–C–C–N with tert-alkyl or cyclic N) is 1. The number of ketones is 1.